The van der Waals surface area contributed by atoms with E-state index in [0.29, 0.717) is 24.4 Å². The largest absolute Gasteiger partial charge is 0.507 e. The molecule has 2 aliphatic heterocycles. The fourth-order valence-corrected chi connectivity index (χ4v) is 5.40. The lowest BCUT2D eigenvalue weighted by atomic mass is 9.97. The number of nitrogens with one attached hydrogen (secondary N) is 2. The van der Waals surface area contributed by atoms with E-state index in [9.17, 15) is 9.90 Å². The minimum Gasteiger partial charge on any atom is -0.507 e. The number of hydrogen-bond acceptors (Lipinski definition) is 5. The van der Waals surface area contributed by atoms with E-state index in [0.717, 1.165) is 65.4 Å². The number of phenolic OH excluding ortho intramolecular Hbond substituents is 1. The Labute approximate surface area is 242 Å². The molecular weight excluding hydrogens is 510 g/mol. The summed E-state index contributed by atoms with van der Waals surface area (Å²) in [6, 6.07) is 25.3. The molecule has 1 saturated heterocycles. The molecule has 41 heavy (non-hydrogen) atoms. The molecule has 2 amide bonds. The number of nitrogens with zero attached hydrogens (tertiary/aromatic N) is 3. The monoisotopic (exact) mass is 547 g/mol. The summed E-state index contributed by atoms with van der Waals surface area (Å²) in [6.07, 6.45) is 6.50. The van der Waals surface area contributed by atoms with Crippen LogP contribution in [0.15, 0.2) is 112 Å². The molecule has 0 aliphatic carbocycles. The van der Waals surface area contributed by atoms with Gasteiger partial charge in [0.25, 0.3) is 0 Å². The van der Waals surface area contributed by atoms with Crippen molar-refractivity contribution in [2.75, 3.05) is 32.0 Å². The van der Waals surface area contributed by atoms with Crippen molar-refractivity contribution in [2.45, 2.75) is 26.2 Å². The molecule has 2 aliphatic rings. The molecule has 1 unspecified atom stereocenters. The summed E-state index contributed by atoms with van der Waals surface area (Å²) < 4.78 is 0. The summed E-state index contributed by atoms with van der Waals surface area (Å²) in [4.78, 5) is 24.3. The maximum atomic E-state index is 13.3. The molecule has 7 nitrogen and oxygen atoms in total. The van der Waals surface area contributed by atoms with Gasteiger partial charge in [-0.1, -0.05) is 60.7 Å². The van der Waals surface area contributed by atoms with Crippen LogP contribution < -0.4 is 10.6 Å². The number of dihydropyridines is 1. The molecule has 2 heterocycles. The van der Waals surface area contributed by atoms with Crippen LogP contribution in [0.3, 0.4) is 0 Å². The minimum atomic E-state index is -0.0661. The van der Waals surface area contributed by atoms with Crippen LogP contribution in [0.2, 0.25) is 0 Å². The summed E-state index contributed by atoms with van der Waals surface area (Å²) in [5.41, 5.74) is 7.26. The van der Waals surface area contributed by atoms with Gasteiger partial charge in [0, 0.05) is 56.1 Å². The van der Waals surface area contributed by atoms with E-state index < -0.39 is 0 Å². The normalized spacial score (nSPS) is 18.5. The van der Waals surface area contributed by atoms with Gasteiger partial charge >= 0.3 is 6.03 Å². The fraction of sp³-hybridized carbons (Fsp3) is 0.265. The molecule has 3 N–H and O–H groups in total. The quantitative estimate of drug-likeness (QED) is 0.290. The van der Waals surface area contributed by atoms with Crippen molar-refractivity contribution in [3.05, 3.63) is 107 Å². The van der Waals surface area contributed by atoms with Gasteiger partial charge < -0.3 is 20.6 Å². The van der Waals surface area contributed by atoms with Crippen molar-refractivity contribution in [3.8, 4) is 16.9 Å². The summed E-state index contributed by atoms with van der Waals surface area (Å²) in [7, 11) is 1.75. The zero-order valence-electron chi connectivity index (χ0n) is 23.7. The molecule has 0 aromatic heterocycles. The highest BCUT2D eigenvalue weighted by molar-refractivity contribution is 6.12. The van der Waals surface area contributed by atoms with Crippen molar-refractivity contribution in [1.82, 2.24) is 10.2 Å². The number of piperidine rings is 1. The second-order valence-electron chi connectivity index (χ2n) is 10.6. The number of benzene rings is 3. The van der Waals surface area contributed by atoms with Crippen LogP contribution in [0, 0.1) is 5.92 Å². The number of likely N-dealkylation sites (tertiary alicyclic amines) is 1. The highest BCUT2D eigenvalue weighted by Crippen LogP contribution is 2.29. The topological polar surface area (TPSA) is 89.3 Å². The third kappa shape index (κ3) is 6.92. The second-order valence-corrected chi connectivity index (χ2v) is 10.6. The summed E-state index contributed by atoms with van der Waals surface area (Å²) in [5, 5.41) is 17.3. The first-order valence-corrected chi connectivity index (χ1v) is 14.2. The number of hydrogen-bond donors (Lipinski definition) is 3. The van der Waals surface area contributed by atoms with Gasteiger partial charge in [-0.25, -0.2) is 4.79 Å². The minimum absolute atomic E-state index is 0.0661. The van der Waals surface area contributed by atoms with Gasteiger partial charge in [-0.3, -0.25) is 9.98 Å². The average molecular weight is 548 g/mol. The van der Waals surface area contributed by atoms with Crippen LogP contribution >= 0.6 is 0 Å². The van der Waals surface area contributed by atoms with Gasteiger partial charge in [-0.05, 0) is 61.1 Å². The third-order valence-corrected chi connectivity index (χ3v) is 7.56. The number of para-hydroxylation sites is 2. The van der Waals surface area contributed by atoms with Gasteiger partial charge in [0.1, 0.15) is 5.75 Å². The maximum absolute atomic E-state index is 13.3. The maximum Gasteiger partial charge on any atom is 0.321 e. The molecule has 0 saturated carbocycles. The standard InChI is InChI=1S/C34H37N5O2/c1-24(21-35-2)31-19-27(20-32(37-31)29-15-7-9-17-33(29)40)36-22-25-11-10-18-39(23-25)34(41)38-30-16-8-6-14-28(30)26-12-4-3-5-13-26/h3-9,12-17,20-21,25,36,40H,10-11,18-19,22-23H2,1-2H3,(H,38,41)/b31-24+,35-21?. The molecular formula is C34H37N5O2. The predicted molar refractivity (Wildman–Crippen MR) is 168 cm³/mol. The van der Waals surface area contributed by atoms with Crippen LogP contribution in [0.5, 0.6) is 5.75 Å². The second kappa shape index (κ2) is 13.1. The first kappa shape index (κ1) is 27.9. The Morgan fingerprint density at radius 2 is 1.78 bits per heavy atom. The predicted octanol–water partition coefficient (Wildman–Crippen LogP) is 6.64. The Bertz CT molecular complexity index is 1510. The van der Waals surface area contributed by atoms with Crippen LogP contribution in [-0.2, 0) is 0 Å². The van der Waals surface area contributed by atoms with Gasteiger partial charge in [-0.15, -0.1) is 0 Å². The van der Waals surface area contributed by atoms with Gasteiger partial charge in [0.2, 0.25) is 0 Å². The smallest absolute Gasteiger partial charge is 0.321 e. The van der Waals surface area contributed by atoms with E-state index in [1.807, 2.05) is 84.8 Å². The highest BCUT2D eigenvalue weighted by atomic mass is 16.3. The fourth-order valence-electron chi connectivity index (χ4n) is 5.40. The third-order valence-electron chi connectivity index (χ3n) is 7.56. The van der Waals surface area contributed by atoms with Crippen molar-refractivity contribution in [3.63, 3.8) is 0 Å². The molecule has 1 fully saturated rings. The van der Waals surface area contributed by atoms with Crippen molar-refractivity contribution < 1.29 is 9.90 Å². The van der Waals surface area contributed by atoms with Gasteiger partial charge in [-0.2, -0.15) is 0 Å². The van der Waals surface area contributed by atoms with Crippen LogP contribution in [0.4, 0.5) is 10.5 Å². The SMILES string of the molecule is CN=C/C(C)=C1\CC(NCC2CCCN(C(=O)Nc3ccccc3-c3ccccc3)C2)=CC(c2ccccc2O)=N1. The summed E-state index contributed by atoms with van der Waals surface area (Å²) in [5.74, 6) is 0.519. The van der Waals surface area contributed by atoms with Crippen LogP contribution in [0.1, 0.15) is 31.7 Å². The van der Waals surface area contributed by atoms with Crippen molar-refractivity contribution in [1.29, 1.82) is 0 Å². The lowest BCUT2D eigenvalue weighted by molar-refractivity contribution is 0.177. The number of aliphatic imine (C=N–C) groups is 2. The van der Waals surface area contributed by atoms with E-state index in [2.05, 4.69) is 27.8 Å². The van der Waals surface area contributed by atoms with Crippen molar-refractivity contribution >= 4 is 23.6 Å². The van der Waals surface area contributed by atoms with Crippen LogP contribution in [-0.4, -0.2) is 54.6 Å². The molecule has 0 spiro atoms. The Hall–Kier alpha value is -4.65. The molecule has 210 valence electrons. The molecule has 3 aromatic carbocycles. The first-order valence-electron chi connectivity index (χ1n) is 14.2. The van der Waals surface area contributed by atoms with Gasteiger partial charge in [0.15, 0.2) is 0 Å². The number of anilines is 1. The molecule has 1 atom stereocenters. The van der Waals surface area contributed by atoms with E-state index in [4.69, 9.17) is 4.99 Å². The Balaban J connectivity index is 1.26. The number of carbonyl (C=O) groups excluding carboxylic acids is 1. The zero-order valence-corrected chi connectivity index (χ0v) is 23.7. The number of carbonyl (C=O) groups is 1. The zero-order chi connectivity index (χ0) is 28.6. The highest BCUT2D eigenvalue weighted by Gasteiger charge is 2.25. The first-order chi connectivity index (χ1) is 20.0. The molecule has 0 radical (unpaired) electrons. The average Bonchev–Trinajstić information content (AvgIpc) is 3.01. The van der Waals surface area contributed by atoms with Crippen molar-refractivity contribution in [2.24, 2.45) is 15.9 Å². The Morgan fingerprint density at radius 1 is 1.05 bits per heavy atom. The number of urea groups is 1. The Kier molecular flexibility index (Phi) is 8.94. The van der Waals surface area contributed by atoms with Gasteiger partial charge in [0.05, 0.1) is 17.1 Å². The molecule has 0 bridgehead atoms. The van der Waals surface area contributed by atoms with Crippen LogP contribution in [0.25, 0.3) is 11.1 Å². The van der Waals surface area contributed by atoms with E-state index in [-0.39, 0.29) is 11.8 Å². The number of amides is 2. The van der Waals surface area contributed by atoms with E-state index in [1.165, 1.54) is 0 Å². The molecule has 7 heteroatoms. The summed E-state index contributed by atoms with van der Waals surface area (Å²) in [6.45, 7) is 4.18. The number of rotatable bonds is 7. The van der Waals surface area contributed by atoms with E-state index in [1.54, 1.807) is 13.1 Å². The molecule has 3 aromatic rings. The Morgan fingerprint density at radius 3 is 2.56 bits per heavy atom. The summed E-state index contributed by atoms with van der Waals surface area (Å²) >= 11 is 0. The molecule has 5 rings (SSSR count). The van der Waals surface area contributed by atoms with E-state index >= 15 is 0 Å². The number of aromatic hydroxyl groups is 1. The lowest BCUT2D eigenvalue weighted by Gasteiger charge is -2.33. The number of phenols is 1. The number of allylic oxidation sites excluding steroid dienone is 2. The lowest BCUT2D eigenvalue weighted by Crippen LogP contribution is -2.44.